The molecule has 0 aliphatic carbocycles. The van der Waals surface area contributed by atoms with Crippen LogP contribution >= 0.6 is 11.6 Å². The second-order valence-electron chi connectivity index (χ2n) is 7.20. The summed E-state index contributed by atoms with van der Waals surface area (Å²) in [6.45, 7) is 5.53. The zero-order chi connectivity index (χ0) is 18.4. The lowest BCUT2D eigenvalue weighted by Crippen LogP contribution is -2.35. The molecule has 2 heterocycles. The fraction of sp³-hybridized carbons (Fsp3) is 0.476. The van der Waals surface area contributed by atoms with Crippen molar-refractivity contribution in [2.75, 3.05) is 13.1 Å². The molecule has 1 aromatic carbocycles. The van der Waals surface area contributed by atoms with Crippen molar-refractivity contribution in [2.24, 2.45) is 5.92 Å². The van der Waals surface area contributed by atoms with Gasteiger partial charge in [0.2, 0.25) is 5.91 Å². The number of rotatable bonds is 7. The fourth-order valence-electron chi connectivity index (χ4n) is 3.57. The summed E-state index contributed by atoms with van der Waals surface area (Å²) in [7, 11) is 0. The first-order chi connectivity index (χ1) is 12.6. The Morgan fingerprint density at radius 2 is 2.08 bits per heavy atom. The first-order valence-electron chi connectivity index (χ1n) is 9.37. The standard InChI is InChI=1S/C21H27ClN2O2/c1-16-4-10-20(26-16)13-23-21(25)11-7-17-3-2-12-24(14-17)15-18-5-8-19(22)9-6-18/h4-6,8-10,17H,2-3,7,11-15H2,1H3,(H,23,25). The van der Waals surface area contributed by atoms with Gasteiger partial charge in [0.05, 0.1) is 6.54 Å². The molecule has 1 aromatic heterocycles. The van der Waals surface area contributed by atoms with Gasteiger partial charge in [-0.15, -0.1) is 0 Å². The van der Waals surface area contributed by atoms with Crippen molar-refractivity contribution in [1.82, 2.24) is 10.2 Å². The predicted octanol–water partition coefficient (Wildman–Crippen LogP) is 4.55. The van der Waals surface area contributed by atoms with Gasteiger partial charge in [-0.25, -0.2) is 0 Å². The van der Waals surface area contributed by atoms with E-state index in [2.05, 4.69) is 22.3 Å². The molecule has 1 fully saturated rings. The summed E-state index contributed by atoms with van der Waals surface area (Å²) in [4.78, 5) is 14.6. The summed E-state index contributed by atoms with van der Waals surface area (Å²) < 4.78 is 5.48. The van der Waals surface area contributed by atoms with Gasteiger partial charge >= 0.3 is 0 Å². The van der Waals surface area contributed by atoms with Gasteiger partial charge in [0, 0.05) is 24.5 Å². The first kappa shape index (κ1) is 19.0. The molecule has 1 amide bonds. The molecule has 26 heavy (non-hydrogen) atoms. The molecule has 1 aliphatic rings. The highest BCUT2D eigenvalue weighted by Gasteiger charge is 2.20. The van der Waals surface area contributed by atoms with E-state index in [1.54, 1.807) is 0 Å². The highest BCUT2D eigenvalue weighted by atomic mass is 35.5. The van der Waals surface area contributed by atoms with Gasteiger partial charge in [0.15, 0.2) is 0 Å². The van der Waals surface area contributed by atoms with E-state index in [1.807, 2.05) is 31.2 Å². The molecule has 4 nitrogen and oxygen atoms in total. The highest BCUT2D eigenvalue weighted by Crippen LogP contribution is 2.23. The SMILES string of the molecule is Cc1ccc(CNC(=O)CCC2CCCN(Cc3ccc(Cl)cc3)C2)o1. The molecule has 3 rings (SSSR count). The second-order valence-corrected chi connectivity index (χ2v) is 7.63. The average molecular weight is 375 g/mol. The van der Waals surface area contributed by atoms with Crippen LogP contribution in [0.25, 0.3) is 0 Å². The van der Waals surface area contributed by atoms with Crippen LogP contribution in [0.3, 0.4) is 0 Å². The molecule has 1 saturated heterocycles. The van der Waals surface area contributed by atoms with E-state index in [0.717, 1.165) is 42.6 Å². The van der Waals surface area contributed by atoms with Crippen LogP contribution < -0.4 is 5.32 Å². The van der Waals surface area contributed by atoms with Crippen LogP contribution in [0.1, 0.15) is 42.8 Å². The maximum atomic E-state index is 12.1. The molecule has 1 aliphatic heterocycles. The lowest BCUT2D eigenvalue weighted by Gasteiger charge is -2.32. The lowest BCUT2D eigenvalue weighted by molar-refractivity contribution is -0.121. The van der Waals surface area contributed by atoms with Gasteiger partial charge in [-0.05, 0) is 68.5 Å². The van der Waals surface area contributed by atoms with Crippen LogP contribution in [0.4, 0.5) is 0 Å². The number of nitrogens with one attached hydrogen (secondary N) is 1. The van der Waals surface area contributed by atoms with Crippen molar-refractivity contribution < 1.29 is 9.21 Å². The Labute approximate surface area is 160 Å². The molecule has 0 spiro atoms. The van der Waals surface area contributed by atoms with Crippen LogP contribution in [0, 0.1) is 12.8 Å². The number of furan rings is 1. The Morgan fingerprint density at radius 3 is 2.81 bits per heavy atom. The van der Waals surface area contributed by atoms with E-state index < -0.39 is 0 Å². The van der Waals surface area contributed by atoms with Crippen molar-refractivity contribution >= 4 is 17.5 Å². The topological polar surface area (TPSA) is 45.5 Å². The van der Waals surface area contributed by atoms with Crippen molar-refractivity contribution in [3.8, 4) is 0 Å². The second kappa shape index (κ2) is 9.24. The molecular weight excluding hydrogens is 348 g/mol. The first-order valence-corrected chi connectivity index (χ1v) is 9.75. The minimum atomic E-state index is 0.105. The number of hydrogen-bond donors (Lipinski definition) is 1. The van der Waals surface area contributed by atoms with E-state index in [-0.39, 0.29) is 5.91 Å². The van der Waals surface area contributed by atoms with Crippen LogP contribution in [0.5, 0.6) is 0 Å². The summed E-state index contributed by atoms with van der Waals surface area (Å²) >= 11 is 5.96. The summed E-state index contributed by atoms with van der Waals surface area (Å²) in [5.74, 6) is 2.38. The third-order valence-corrected chi connectivity index (χ3v) is 5.21. The Bertz CT molecular complexity index is 711. The quantitative estimate of drug-likeness (QED) is 0.773. The van der Waals surface area contributed by atoms with Crippen molar-refractivity contribution in [2.45, 2.75) is 45.7 Å². The van der Waals surface area contributed by atoms with Gasteiger partial charge in [0.1, 0.15) is 11.5 Å². The fourth-order valence-corrected chi connectivity index (χ4v) is 3.69. The molecular formula is C21H27ClN2O2. The van der Waals surface area contributed by atoms with Crippen LogP contribution in [-0.2, 0) is 17.9 Å². The smallest absolute Gasteiger partial charge is 0.220 e. The molecule has 1 atom stereocenters. The Kier molecular flexibility index (Phi) is 6.75. The normalized spacial score (nSPS) is 18.0. The summed E-state index contributed by atoms with van der Waals surface area (Å²) in [6, 6.07) is 11.9. The van der Waals surface area contributed by atoms with Gasteiger partial charge in [-0.3, -0.25) is 9.69 Å². The molecule has 2 aromatic rings. The molecule has 0 radical (unpaired) electrons. The van der Waals surface area contributed by atoms with E-state index >= 15 is 0 Å². The maximum Gasteiger partial charge on any atom is 0.220 e. The largest absolute Gasteiger partial charge is 0.465 e. The lowest BCUT2D eigenvalue weighted by atomic mass is 9.93. The van der Waals surface area contributed by atoms with Gasteiger partial charge in [-0.1, -0.05) is 23.7 Å². The number of aryl methyl sites for hydroxylation is 1. The molecule has 140 valence electrons. The third kappa shape index (κ3) is 5.89. The predicted molar refractivity (Wildman–Crippen MR) is 104 cm³/mol. The van der Waals surface area contributed by atoms with Gasteiger partial charge in [-0.2, -0.15) is 0 Å². The number of carbonyl (C=O) groups is 1. The summed E-state index contributed by atoms with van der Waals surface area (Å²) in [5, 5.41) is 3.73. The number of benzene rings is 1. The Balaban J connectivity index is 1.38. The summed E-state index contributed by atoms with van der Waals surface area (Å²) in [6.07, 6.45) is 3.94. The minimum Gasteiger partial charge on any atom is -0.465 e. The molecule has 1 N–H and O–H groups in total. The minimum absolute atomic E-state index is 0.105. The van der Waals surface area contributed by atoms with E-state index in [0.29, 0.717) is 18.9 Å². The molecule has 0 bridgehead atoms. The van der Waals surface area contributed by atoms with Crippen molar-refractivity contribution in [3.05, 3.63) is 58.5 Å². The Morgan fingerprint density at radius 1 is 1.27 bits per heavy atom. The Hall–Kier alpha value is -1.78. The number of likely N-dealkylation sites (tertiary alicyclic amines) is 1. The maximum absolute atomic E-state index is 12.1. The van der Waals surface area contributed by atoms with Crippen LogP contribution in [0.2, 0.25) is 5.02 Å². The number of carbonyl (C=O) groups excluding carboxylic acids is 1. The molecule has 1 unspecified atom stereocenters. The molecule has 0 saturated carbocycles. The monoisotopic (exact) mass is 374 g/mol. The van der Waals surface area contributed by atoms with E-state index in [9.17, 15) is 4.79 Å². The third-order valence-electron chi connectivity index (χ3n) is 4.96. The van der Waals surface area contributed by atoms with E-state index in [4.69, 9.17) is 16.0 Å². The highest BCUT2D eigenvalue weighted by molar-refractivity contribution is 6.30. The number of amides is 1. The zero-order valence-corrected chi connectivity index (χ0v) is 16.1. The van der Waals surface area contributed by atoms with E-state index in [1.165, 1.54) is 18.4 Å². The van der Waals surface area contributed by atoms with Gasteiger partial charge < -0.3 is 9.73 Å². The number of halogens is 1. The van der Waals surface area contributed by atoms with Crippen molar-refractivity contribution in [1.29, 1.82) is 0 Å². The number of nitrogens with zero attached hydrogens (tertiary/aromatic N) is 1. The van der Waals surface area contributed by atoms with Gasteiger partial charge in [0.25, 0.3) is 0 Å². The number of hydrogen-bond acceptors (Lipinski definition) is 3. The molecule has 5 heteroatoms. The zero-order valence-electron chi connectivity index (χ0n) is 15.3. The van der Waals surface area contributed by atoms with Crippen LogP contribution in [-0.4, -0.2) is 23.9 Å². The van der Waals surface area contributed by atoms with Crippen molar-refractivity contribution in [3.63, 3.8) is 0 Å². The van der Waals surface area contributed by atoms with Crippen LogP contribution in [0.15, 0.2) is 40.8 Å². The number of piperidine rings is 1. The summed E-state index contributed by atoms with van der Waals surface area (Å²) in [5.41, 5.74) is 1.29. The average Bonchev–Trinajstić information content (AvgIpc) is 3.06.